The zero-order valence-electron chi connectivity index (χ0n) is 15.1. The van der Waals surface area contributed by atoms with Crippen molar-refractivity contribution in [2.24, 2.45) is 5.92 Å². The van der Waals surface area contributed by atoms with E-state index in [9.17, 15) is 4.79 Å². The zero-order chi connectivity index (χ0) is 17.6. The predicted octanol–water partition coefficient (Wildman–Crippen LogP) is 2.49. The van der Waals surface area contributed by atoms with Crippen LogP contribution in [0, 0.1) is 5.92 Å². The Morgan fingerprint density at radius 1 is 1.12 bits per heavy atom. The number of likely N-dealkylation sites (tertiary alicyclic amines) is 1. The van der Waals surface area contributed by atoms with Gasteiger partial charge in [0.2, 0.25) is 5.91 Å². The number of nitrogens with one attached hydrogen (secondary N) is 2. The highest BCUT2D eigenvalue weighted by Gasteiger charge is 2.45. The summed E-state index contributed by atoms with van der Waals surface area (Å²) in [6.07, 6.45) is 10.8. The van der Waals surface area contributed by atoms with Crippen LogP contribution in [-0.4, -0.2) is 41.6 Å². The summed E-state index contributed by atoms with van der Waals surface area (Å²) in [5.74, 6) is 1.69. The van der Waals surface area contributed by atoms with Gasteiger partial charge in [-0.3, -0.25) is 10.2 Å². The van der Waals surface area contributed by atoms with E-state index in [-0.39, 0.29) is 17.6 Å². The molecule has 26 heavy (non-hydrogen) atoms. The second kappa shape index (κ2) is 6.39. The molecule has 138 valence electrons. The van der Waals surface area contributed by atoms with E-state index >= 15 is 0 Å². The fourth-order valence-electron chi connectivity index (χ4n) is 5.14. The molecule has 0 radical (unpaired) electrons. The second-order valence-corrected chi connectivity index (χ2v) is 8.18. The molecule has 1 saturated carbocycles. The number of benzene rings is 1. The van der Waals surface area contributed by atoms with Gasteiger partial charge >= 0.3 is 0 Å². The number of carbonyl (C=O) groups is 1. The van der Waals surface area contributed by atoms with Crippen molar-refractivity contribution in [2.75, 3.05) is 13.1 Å². The topological polar surface area (TPSA) is 53.6 Å². The lowest BCUT2D eigenvalue weighted by Gasteiger charge is -2.34. The normalized spacial score (nSPS) is 35.7. The van der Waals surface area contributed by atoms with Crippen LogP contribution in [0.3, 0.4) is 0 Å². The molecule has 5 nitrogen and oxygen atoms in total. The predicted molar refractivity (Wildman–Crippen MR) is 100 cm³/mol. The van der Waals surface area contributed by atoms with E-state index in [2.05, 4.69) is 34.0 Å². The fraction of sp³-hybridized carbons (Fsp3) is 0.571. The third-order valence-corrected chi connectivity index (χ3v) is 6.63. The maximum absolute atomic E-state index is 13.1. The van der Waals surface area contributed by atoms with Gasteiger partial charge in [-0.15, -0.1) is 0 Å². The van der Waals surface area contributed by atoms with Crippen molar-refractivity contribution in [3.05, 3.63) is 35.9 Å². The van der Waals surface area contributed by atoms with Crippen LogP contribution in [0.1, 0.15) is 44.1 Å². The van der Waals surface area contributed by atoms with Gasteiger partial charge in [-0.05, 0) is 37.8 Å². The van der Waals surface area contributed by atoms with Gasteiger partial charge in [0.1, 0.15) is 17.4 Å². The maximum atomic E-state index is 13.1. The summed E-state index contributed by atoms with van der Waals surface area (Å²) < 4.78 is 6.41. The first-order valence-electron chi connectivity index (χ1n) is 10.0. The number of hydrogen-bond acceptors (Lipinski definition) is 4. The molecule has 3 aliphatic heterocycles. The summed E-state index contributed by atoms with van der Waals surface area (Å²) in [7, 11) is 0. The number of amides is 1. The summed E-state index contributed by atoms with van der Waals surface area (Å²) >= 11 is 0. The van der Waals surface area contributed by atoms with Gasteiger partial charge in [-0.2, -0.15) is 0 Å². The number of para-hydroxylation sites is 1. The minimum absolute atomic E-state index is 0.0555. The molecule has 4 aliphatic rings. The smallest absolute Gasteiger partial charge is 0.241 e. The molecule has 1 aromatic carbocycles. The first-order chi connectivity index (χ1) is 12.7. The Hall–Kier alpha value is -1.85. The number of hydrogen-bond donors (Lipinski definition) is 2. The number of ether oxygens (including phenoxy) is 1. The molecule has 3 fully saturated rings. The summed E-state index contributed by atoms with van der Waals surface area (Å²) in [6.45, 7) is 1.59. The van der Waals surface area contributed by atoms with Crippen molar-refractivity contribution in [1.82, 2.24) is 15.8 Å². The molecule has 4 atom stereocenters. The van der Waals surface area contributed by atoms with Crippen LogP contribution in [0.15, 0.2) is 30.3 Å². The maximum Gasteiger partial charge on any atom is 0.241 e. The Balaban J connectivity index is 1.28. The molecule has 2 N–H and O–H groups in total. The SMILES string of the molecule is O=C(C1NNC2CCCC21)N1CCCC2(C=Cc3ccccc3O2)CC1. The molecular weight excluding hydrogens is 326 g/mol. The highest BCUT2D eigenvalue weighted by Crippen LogP contribution is 2.37. The molecule has 3 heterocycles. The van der Waals surface area contributed by atoms with Crippen LogP contribution in [-0.2, 0) is 4.79 Å². The Bertz CT molecular complexity index is 734. The third kappa shape index (κ3) is 2.74. The van der Waals surface area contributed by atoms with Crippen LogP contribution >= 0.6 is 0 Å². The molecule has 0 bridgehead atoms. The number of rotatable bonds is 1. The molecule has 4 unspecified atom stereocenters. The Kier molecular flexibility index (Phi) is 4.02. The Morgan fingerprint density at radius 3 is 3.00 bits per heavy atom. The lowest BCUT2D eigenvalue weighted by atomic mass is 9.91. The first-order valence-corrected chi connectivity index (χ1v) is 10.0. The average molecular weight is 353 g/mol. The average Bonchev–Trinajstić information content (AvgIpc) is 3.22. The number of fused-ring (bicyclic) bond motifs is 2. The zero-order valence-corrected chi connectivity index (χ0v) is 15.1. The highest BCUT2D eigenvalue weighted by molar-refractivity contribution is 5.82. The number of carbonyl (C=O) groups excluding carboxylic acids is 1. The van der Waals surface area contributed by atoms with E-state index in [1.165, 1.54) is 12.8 Å². The van der Waals surface area contributed by atoms with Gasteiger partial charge in [0, 0.05) is 37.0 Å². The van der Waals surface area contributed by atoms with Crippen LogP contribution < -0.4 is 15.6 Å². The van der Waals surface area contributed by atoms with Crippen molar-refractivity contribution in [2.45, 2.75) is 56.2 Å². The summed E-state index contributed by atoms with van der Waals surface area (Å²) in [5, 5.41) is 0. The number of nitrogens with zero attached hydrogens (tertiary/aromatic N) is 1. The van der Waals surface area contributed by atoms with Crippen LogP contribution in [0.5, 0.6) is 5.75 Å². The lowest BCUT2D eigenvalue weighted by Crippen LogP contribution is -2.48. The van der Waals surface area contributed by atoms with Gasteiger partial charge < -0.3 is 9.64 Å². The Morgan fingerprint density at radius 2 is 2.04 bits per heavy atom. The van der Waals surface area contributed by atoms with E-state index in [4.69, 9.17) is 4.74 Å². The second-order valence-electron chi connectivity index (χ2n) is 8.18. The highest BCUT2D eigenvalue weighted by atomic mass is 16.5. The molecule has 2 saturated heterocycles. The minimum Gasteiger partial charge on any atom is -0.483 e. The van der Waals surface area contributed by atoms with Crippen LogP contribution in [0.4, 0.5) is 0 Å². The van der Waals surface area contributed by atoms with Crippen molar-refractivity contribution in [3.8, 4) is 5.75 Å². The third-order valence-electron chi connectivity index (χ3n) is 6.63. The first kappa shape index (κ1) is 16.3. The molecular formula is C21H27N3O2. The van der Waals surface area contributed by atoms with E-state index in [0.717, 1.165) is 50.1 Å². The molecule has 1 spiro atoms. The summed E-state index contributed by atoms with van der Waals surface area (Å²) in [5.41, 5.74) is 7.49. The van der Waals surface area contributed by atoms with Crippen molar-refractivity contribution >= 4 is 12.0 Å². The lowest BCUT2D eigenvalue weighted by molar-refractivity contribution is -0.134. The molecule has 0 aromatic heterocycles. The van der Waals surface area contributed by atoms with Gasteiger partial charge in [0.25, 0.3) is 0 Å². The Labute approximate surface area is 154 Å². The quantitative estimate of drug-likeness (QED) is 0.814. The monoisotopic (exact) mass is 353 g/mol. The molecule has 1 aromatic rings. The van der Waals surface area contributed by atoms with E-state index in [1.807, 2.05) is 18.2 Å². The molecule has 1 aliphatic carbocycles. The largest absolute Gasteiger partial charge is 0.483 e. The van der Waals surface area contributed by atoms with Gasteiger partial charge in [-0.25, -0.2) is 5.43 Å². The molecule has 5 rings (SSSR count). The van der Waals surface area contributed by atoms with Crippen molar-refractivity contribution in [3.63, 3.8) is 0 Å². The van der Waals surface area contributed by atoms with E-state index in [0.29, 0.717) is 12.0 Å². The van der Waals surface area contributed by atoms with Crippen LogP contribution in [0.2, 0.25) is 0 Å². The molecule has 5 heteroatoms. The van der Waals surface area contributed by atoms with E-state index < -0.39 is 0 Å². The standard InChI is InChI=1S/C21H27N3O2/c25-20(19-16-6-3-7-17(16)22-23-19)24-13-4-10-21(12-14-24)11-9-15-5-1-2-8-18(15)26-21/h1-2,5,8-9,11,16-17,19,22-23H,3-4,6-7,10,12-14H2. The fourth-order valence-corrected chi connectivity index (χ4v) is 5.14. The molecule has 1 amide bonds. The van der Waals surface area contributed by atoms with Gasteiger partial charge in [0.15, 0.2) is 0 Å². The van der Waals surface area contributed by atoms with E-state index in [1.54, 1.807) is 0 Å². The van der Waals surface area contributed by atoms with Crippen molar-refractivity contribution in [1.29, 1.82) is 0 Å². The number of hydrazine groups is 1. The summed E-state index contributed by atoms with van der Waals surface area (Å²) in [6, 6.07) is 8.61. The van der Waals surface area contributed by atoms with Crippen molar-refractivity contribution < 1.29 is 9.53 Å². The van der Waals surface area contributed by atoms with Gasteiger partial charge in [0.05, 0.1) is 0 Å². The van der Waals surface area contributed by atoms with Gasteiger partial charge in [-0.1, -0.05) is 30.7 Å². The minimum atomic E-state index is -0.263. The summed E-state index contributed by atoms with van der Waals surface area (Å²) in [4.78, 5) is 15.2. The van der Waals surface area contributed by atoms with Crippen LogP contribution in [0.25, 0.3) is 6.08 Å².